The Labute approximate surface area is 185 Å². The molecule has 4 nitrogen and oxygen atoms in total. The largest absolute Gasteiger partial charge is 0.335 e. The molecule has 3 rings (SSSR count). The van der Waals surface area contributed by atoms with E-state index >= 15 is 0 Å². The summed E-state index contributed by atoms with van der Waals surface area (Å²) in [6.07, 6.45) is 1.81. The monoisotopic (exact) mass is 459 g/mol. The van der Waals surface area contributed by atoms with Crippen molar-refractivity contribution in [3.8, 4) is 0 Å². The molecular weight excluding hydrogens is 440 g/mol. The Bertz CT molecular complexity index is 838. The quantitative estimate of drug-likeness (QED) is 0.595. The molecule has 2 aromatic rings. The van der Waals surface area contributed by atoms with Gasteiger partial charge in [-0.15, -0.1) is 0 Å². The number of piperidine rings is 1. The van der Waals surface area contributed by atoms with Crippen molar-refractivity contribution in [2.45, 2.75) is 32.0 Å². The molecule has 0 aromatic heterocycles. The van der Waals surface area contributed by atoms with Crippen LogP contribution in [0.3, 0.4) is 0 Å². The molecule has 1 aliphatic rings. The SMILES string of the molecule is O=C(NCc1ccc(Cl)c(Cl)c1)NC1CCN(Cc2ccc(Cl)c(Cl)c2)CC1. The summed E-state index contributed by atoms with van der Waals surface area (Å²) in [6.45, 7) is 3.06. The Balaban J connectivity index is 1.40. The predicted octanol–water partition coefficient (Wildman–Crippen LogP) is 5.76. The van der Waals surface area contributed by atoms with Gasteiger partial charge >= 0.3 is 6.03 Å². The number of carbonyl (C=O) groups is 1. The van der Waals surface area contributed by atoms with Crippen LogP contribution in [0.2, 0.25) is 20.1 Å². The summed E-state index contributed by atoms with van der Waals surface area (Å²) in [5, 5.41) is 8.04. The molecule has 0 atom stereocenters. The fourth-order valence-electron chi connectivity index (χ4n) is 3.20. The van der Waals surface area contributed by atoms with Crippen LogP contribution in [0, 0.1) is 0 Å². The molecule has 150 valence electrons. The van der Waals surface area contributed by atoms with Crippen molar-refractivity contribution in [1.29, 1.82) is 0 Å². The third-order valence-corrected chi connectivity index (χ3v) is 6.23. The highest BCUT2D eigenvalue weighted by Crippen LogP contribution is 2.24. The first-order chi connectivity index (χ1) is 13.4. The molecule has 1 saturated heterocycles. The molecule has 0 spiro atoms. The lowest BCUT2D eigenvalue weighted by Crippen LogP contribution is -2.47. The van der Waals surface area contributed by atoms with Crippen molar-refractivity contribution in [3.63, 3.8) is 0 Å². The Morgan fingerprint density at radius 3 is 2.07 bits per heavy atom. The average molecular weight is 461 g/mol. The second kappa shape index (κ2) is 10.0. The topological polar surface area (TPSA) is 44.4 Å². The van der Waals surface area contributed by atoms with E-state index in [0.717, 1.165) is 43.6 Å². The number of benzene rings is 2. The molecule has 28 heavy (non-hydrogen) atoms. The summed E-state index contributed by atoms with van der Waals surface area (Å²) in [4.78, 5) is 14.5. The van der Waals surface area contributed by atoms with E-state index in [-0.39, 0.29) is 12.1 Å². The number of likely N-dealkylation sites (tertiary alicyclic amines) is 1. The molecule has 1 fully saturated rings. The first-order valence-electron chi connectivity index (χ1n) is 9.05. The smallest absolute Gasteiger partial charge is 0.315 e. The van der Waals surface area contributed by atoms with Gasteiger partial charge in [-0.1, -0.05) is 58.5 Å². The molecular formula is C20H21Cl4N3O. The van der Waals surface area contributed by atoms with E-state index in [1.54, 1.807) is 12.1 Å². The van der Waals surface area contributed by atoms with E-state index in [1.165, 1.54) is 0 Å². The molecule has 0 bridgehead atoms. The van der Waals surface area contributed by atoms with Gasteiger partial charge in [0.15, 0.2) is 0 Å². The van der Waals surface area contributed by atoms with Crippen molar-refractivity contribution in [2.75, 3.05) is 13.1 Å². The number of amides is 2. The van der Waals surface area contributed by atoms with Gasteiger partial charge in [0, 0.05) is 32.2 Å². The van der Waals surface area contributed by atoms with E-state index in [2.05, 4.69) is 15.5 Å². The first kappa shape index (κ1) is 21.5. The fraction of sp³-hybridized carbons (Fsp3) is 0.350. The van der Waals surface area contributed by atoms with E-state index in [9.17, 15) is 4.79 Å². The second-order valence-corrected chi connectivity index (χ2v) is 8.50. The van der Waals surface area contributed by atoms with E-state index in [0.29, 0.717) is 26.6 Å². The first-order valence-corrected chi connectivity index (χ1v) is 10.6. The van der Waals surface area contributed by atoms with Crippen LogP contribution in [0.25, 0.3) is 0 Å². The number of hydrogen-bond acceptors (Lipinski definition) is 2. The maximum absolute atomic E-state index is 12.2. The van der Waals surface area contributed by atoms with Crippen LogP contribution in [-0.4, -0.2) is 30.1 Å². The number of nitrogens with one attached hydrogen (secondary N) is 2. The lowest BCUT2D eigenvalue weighted by Gasteiger charge is -2.32. The summed E-state index contributed by atoms with van der Waals surface area (Å²) in [5.74, 6) is 0. The van der Waals surface area contributed by atoms with Crippen LogP contribution in [-0.2, 0) is 13.1 Å². The van der Waals surface area contributed by atoms with Gasteiger partial charge in [-0.2, -0.15) is 0 Å². The number of hydrogen-bond donors (Lipinski definition) is 2. The van der Waals surface area contributed by atoms with Gasteiger partial charge < -0.3 is 10.6 Å². The molecule has 1 heterocycles. The highest BCUT2D eigenvalue weighted by atomic mass is 35.5. The molecule has 0 unspecified atom stereocenters. The number of carbonyl (C=O) groups excluding carboxylic acids is 1. The number of urea groups is 1. The Morgan fingerprint density at radius 2 is 1.46 bits per heavy atom. The zero-order chi connectivity index (χ0) is 20.1. The Kier molecular flexibility index (Phi) is 7.72. The Morgan fingerprint density at radius 1 is 0.893 bits per heavy atom. The summed E-state index contributed by atoms with van der Waals surface area (Å²) in [5.41, 5.74) is 2.04. The molecule has 0 aliphatic carbocycles. The van der Waals surface area contributed by atoms with Gasteiger partial charge in [0.1, 0.15) is 0 Å². The number of nitrogens with zero attached hydrogens (tertiary/aromatic N) is 1. The molecule has 1 aliphatic heterocycles. The van der Waals surface area contributed by atoms with Crippen LogP contribution in [0.15, 0.2) is 36.4 Å². The highest BCUT2D eigenvalue weighted by Gasteiger charge is 2.20. The van der Waals surface area contributed by atoms with E-state index in [4.69, 9.17) is 46.4 Å². The van der Waals surface area contributed by atoms with Crippen LogP contribution < -0.4 is 10.6 Å². The molecule has 2 amide bonds. The zero-order valence-corrected chi connectivity index (χ0v) is 18.2. The summed E-state index contributed by atoms with van der Waals surface area (Å²) < 4.78 is 0. The lowest BCUT2D eigenvalue weighted by atomic mass is 10.0. The van der Waals surface area contributed by atoms with Crippen LogP contribution in [0.5, 0.6) is 0 Å². The van der Waals surface area contributed by atoms with Gasteiger partial charge in [-0.05, 0) is 48.2 Å². The lowest BCUT2D eigenvalue weighted by molar-refractivity contribution is 0.186. The third-order valence-electron chi connectivity index (χ3n) is 4.75. The maximum Gasteiger partial charge on any atom is 0.315 e. The minimum absolute atomic E-state index is 0.166. The molecule has 8 heteroatoms. The third kappa shape index (κ3) is 6.16. The summed E-state index contributed by atoms with van der Waals surface area (Å²) >= 11 is 23.9. The van der Waals surface area contributed by atoms with Crippen molar-refractivity contribution in [1.82, 2.24) is 15.5 Å². The van der Waals surface area contributed by atoms with Gasteiger partial charge in [0.25, 0.3) is 0 Å². The number of halogens is 4. The van der Waals surface area contributed by atoms with Crippen molar-refractivity contribution in [3.05, 3.63) is 67.6 Å². The highest BCUT2D eigenvalue weighted by molar-refractivity contribution is 6.42. The standard InChI is InChI=1S/C20H21Cl4N3O/c21-16-3-1-13(9-18(16)23)11-25-20(28)26-15-5-7-27(8-6-15)12-14-2-4-17(22)19(24)10-14/h1-4,9-10,15H,5-8,11-12H2,(H2,25,26,28). The molecule has 0 saturated carbocycles. The van der Waals surface area contributed by atoms with Gasteiger partial charge in [-0.3, -0.25) is 4.90 Å². The minimum Gasteiger partial charge on any atom is -0.335 e. The van der Waals surface area contributed by atoms with Gasteiger partial charge in [0.05, 0.1) is 20.1 Å². The summed E-state index contributed by atoms with van der Waals surface area (Å²) in [6, 6.07) is 11.0. The number of rotatable bonds is 5. The van der Waals surface area contributed by atoms with Crippen molar-refractivity contribution >= 4 is 52.4 Å². The van der Waals surface area contributed by atoms with Crippen molar-refractivity contribution in [2.24, 2.45) is 0 Å². The van der Waals surface area contributed by atoms with Crippen molar-refractivity contribution < 1.29 is 4.79 Å². The van der Waals surface area contributed by atoms with E-state index in [1.807, 2.05) is 24.3 Å². The van der Waals surface area contributed by atoms with Crippen LogP contribution in [0.1, 0.15) is 24.0 Å². The fourth-order valence-corrected chi connectivity index (χ4v) is 3.84. The summed E-state index contributed by atoms with van der Waals surface area (Å²) in [7, 11) is 0. The molecule has 2 N–H and O–H groups in total. The molecule has 0 radical (unpaired) electrons. The average Bonchev–Trinajstić information content (AvgIpc) is 2.67. The maximum atomic E-state index is 12.2. The van der Waals surface area contributed by atoms with E-state index < -0.39 is 0 Å². The predicted molar refractivity (Wildman–Crippen MR) is 117 cm³/mol. The molecule has 2 aromatic carbocycles. The van der Waals surface area contributed by atoms with Crippen LogP contribution >= 0.6 is 46.4 Å². The normalized spacial score (nSPS) is 15.4. The van der Waals surface area contributed by atoms with Gasteiger partial charge in [0.2, 0.25) is 0 Å². The second-order valence-electron chi connectivity index (χ2n) is 6.87. The van der Waals surface area contributed by atoms with Gasteiger partial charge in [-0.25, -0.2) is 4.79 Å². The zero-order valence-electron chi connectivity index (χ0n) is 15.2. The minimum atomic E-state index is -0.172. The Hall–Kier alpha value is -1.17. The van der Waals surface area contributed by atoms with Crippen LogP contribution in [0.4, 0.5) is 4.79 Å².